The Morgan fingerprint density at radius 2 is 2.04 bits per heavy atom. The Morgan fingerprint density at radius 3 is 2.75 bits per heavy atom. The first-order valence-electron chi connectivity index (χ1n) is 10.1. The zero-order valence-electron chi connectivity index (χ0n) is 17.3. The molecule has 3 N–H and O–H groups in total. The van der Waals surface area contributed by atoms with E-state index in [-0.39, 0.29) is 17.9 Å². The van der Waals surface area contributed by atoms with Gasteiger partial charge in [-0.05, 0) is 68.4 Å². The summed E-state index contributed by atoms with van der Waals surface area (Å²) < 4.78 is 0. The highest BCUT2D eigenvalue weighted by Gasteiger charge is 2.26. The number of aryl methyl sites for hydroxylation is 2. The summed E-state index contributed by atoms with van der Waals surface area (Å²) >= 11 is 0. The highest BCUT2D eigenvalue weighted by molar-refractivity contribution is 5.92. The largest absolute Gasteiger partial charge is 0.381 e. The summed E-state index contributed by atoms with van der Waals surface area (Å²) in [5.74, 6) is 0.549. The molecule has 2 heterocycles. The van der Waals surface area contributed by atoms with Crippen LogP contribution in [0.4, 0.5) is 11.6 Å². The summed E-state index contributed by atoms with van der Waals surface area (Å²) in [5, 5.41) is 3.58. The van der Waals surface area contributed by atoms with Gasteiger partial charge in [-0.3, -0.25) is 4.79 Å². The number of nitrogens with zero attached hydrogens (tertiary/aromatic N) is 3. The van der Waals surface area contributed by atoms with Crippen LogP contribution >= 0.6 is 0 Å². The molecule has 0 bridgehead atoms. The zero-order valence-corrected chi connectivity index (χ0v) is 17.3. The smallest absolute Gasteiger partial charge is 0.272 e. The Hall–Kier alpha value is -2.63. The number of nitrogens with one attached hydrogen (secondary N) is 1. The minimum absolute atomic E-state index is 0.0642. The second-order valence-corrected chi connectivity index (χ2v) is 8.23. The second-order valence-electron chi connectivity index (χ2n) is 8.23. The number of anilines is 2. The van der Waals surface area contributed by atoms with Crippen LogP contribution in [0.2, 0.25) is 0 Å². The lowest BCUT2D eigenvalue weighted by molar-refractivity contribution is 0.0708. The summed E-state index contributed by atoms with van der Waals surface area (Å²) in [6, 6.07) is 8.42. The van der Waals surface area contributed by atoms with Crippen molar-refractivity contribution in [1.29, 1.82) is 0 Å². The molecule has 6 heteroatoms. The van der Waals surface area contributed by atoms with Crippen molar-refractivity contribution in [3.05, 3.63) is 46.8 Å². The van der Waals surface area contributed by atoms with E-state index in [0.717, 1.165) is 37.2 Å². The normalized spacial score (nSPS) is 17.0. The average Bonchev–Trinajstić information content (AvgIpc) is 2.63. The first kappa shape index (κ1) is 20.1. The van der Waals surface area contributed by atoms with Crippen LogP contribution < -0.4 is 11.1 Å². The highest BCUT2D eigenvalue weighted by Crippen LogP contribution is 2.20. The third kappa shape index (κ3) is 5.00. The van der Waals surface area contributed by atoms with Gasteiger partial charge in [0.25, 0.3) is 5.91 Å². The second kappa shape index (κ2) is 8.59. The number of carbonyl (C=O) groups excluding carboxylic acids is 1. The van der Waals surface area contributed by atoms with Crippen molar-refractivity contribution in [2.45, 2.75) is 53.0 Å². The highest BCUT2D eigenvalue weighted by atomic mass is 16.2. The number of aromatic nitrogens is 2. The number of rotatable bonds is 5. The van der Waals surface area contributed by atoms with Crippen molar-refractivity contribution in [3.63, 3.8) is 0 Å². The van der Waals surface area contributed by atoms with E-state index in [9.17, 15) is 4.79 Å². The van der Waals surface area contributed by atoms with E-state index in [1.165, 1.54) is 11.1 Å². The van der Waals surface area contributed by atoms with Gasteiger partial charge in [0.05, 0.1) is 0 Å². The van der Waals surface area contributed by atoms with E-state index >= 15 is 0 Å². The van der Waals surface area contributed by atoms with E-state index in [1.54, 1.807) is 6.07 Å². The van der Waals surface area contributed by atoms with Crippen LogP contribution in [0.3, 0.4) is 0 Å². The van der Waals surface area contributed by atoms with Gasteiger partial charge in [-0.1, -0.05) is 19.9 Å². The zero-order chi connectivity index (χ0) is 20.3. The Balaban J connectivity index is 1.70. The monoisotopic (exact) mass is 381 g/mol. The first-order valence-corrected chi connectivity index (χ1v) is 10.1. The SMILES string of the molecule is Cc1ccc(N[C@H]2CCCN(C(=O)c3cc(CC(C)C)nc(N)n3)C2)cc1C. The molecule has 1 aromatic heterocycles. The van der Waals surface area contributed by atoms with Crippen LogP contribution in [0.25, 0.3) is 0 Å². The van der Waals surface area contributed by atoms with Crippen LogP contribution in [-0.4, -0.2) is 39.9 Å². The van der Waals surface area contributed by atoms with E-state index < -0.39 is 0 Å². The predicted octanol–water partition coefficient (Wildman–Crippen LogP) is 3.59. The lowest BCUT2D eigenvalue weighted by atomic mass is 10.0. The minimum Gasteiger partial charge on any atom is -0.381 e. The number of benzene rings is 1. The van der Waals surface area contributed by atoms with Crippen molar-refractivity contribution >= 4 is 17.5 Å². The summed E-state index contributed by atoms with van der Waals surface area (Å²) in [6.07, 6.45) is 2.79. The lowest BCUT2D eigenvalue weighted by Gasteiger charge is -2.33. The predicted molar refractivity (Wildman–Crippen MR) is 113 cm³/mol. The van der Waals surface area contributed by atoms with Crippen LogP contribution in [-0.2, 0) is 6.42 Å². The summed E-state index contributed by atoms with van der Waals surface area (Å²) in [6.45, 7) is 9.87. The van der Waals surface area contributed by atoms with Gasteiger partial charge in [-0.25, -0.2) is 9.97 Å². The fourth-order valence-corrected chi connectivity index (χ4v) is 3.66. The number of nitrogen functional groups attached to an aromatic ring is 1. The number of likely N-dealkylation sites (tertiary alicyclic amines) is 1. The molecule has 150 valence electrons. The lowest BCUT2D eigenvalue weighted by Crippen LogP contribution is -2.45. The van der Waals surface area contributed by atoms with Crippen molar-refractivity contribution in [2.75, 3.05) is 24.1 Å². The van der Waals surface area contributed by atoms with Crippen molar-refractivity contribution in [3.8, 4) is 0 Å². The molecule has 0 unspecified atom stereocenters. The van der Waals surface area contributed by atoms with E-state index in [2.05, 4.69) is 61.2 Å². The van der Waals surface area contributed by atoms with Crippen LogP contribution in [0.1, 0.15) is 54.0 Å². The van der Waals surface area contributed by atoms with Crippen molar-refractivity contribution in [2.24, 2.45) is 5.92 Å². The number of piperidine rings is 1. The van der Waals surface area contributed by atoms with Gasteiger partial charge in [-0.15, -0.1) is 0 Å². The topological polar surface area (TPSA) is 84.1 Å². The number of carbonyl (C=O) groups is 1. The Labute approximate surface area is 167 Å². The average molecular weight is 382 g/mol. The third-order valence-electron chi connectivity index (χ3n) is 5.22. The summed E-state index contributed by atoms with van der Waals surface area (Å²) in [4.78, 5) is 23.4. The molecule has 0 spiro atoms. The Kier molecular flexibility index (Phi) is 6.17. The maximum atomic E-state index is 13.0. The molecule has 1 aromatic carbocycles. The van der Waals surface area contributed by atoms with Gasteiger partial charge >= 0.3 is 0 Å². The molecule has 1 atom stereocenters. The molecular weight excluding hydrogens is 350 g/mol. The molecule has 1 amide bonds. The molecule has 28 heavy (non-hydrogen) atoms. The molecule has 3 rings (SSSR count). The molecular formula is C22H31N5O. The fraction of sp³-hybridized carbons (Fsp3) is 0.500. The van der Waals surface area contributed by atoms with Gasteiger partial charge in [0.15, 0.2) is 0 Å². The summed E-state index contributed by atoms with van der Waals surface area (Å²) in [7, 11) is 0. The molecule has 1 aliphatic rings. The Morgan fingerprint density at radius 1 is 1.25 bits per heavy atom. The molecule has 1 saturated heterocycles. The van der Waals surface area contributed by atoms with Crippen LogP contribution in [0.15, 0.2) is 24.3 Å². The quantitative estimate of drug-likeness (QED) is 0.827. The van der Waals surface area contributed by atoms with Gasteiger partial charge in [0.1, 0.15) is 5.69 Å². The van der Waals surface area contributed by atoms with Crippen molar-refractivity contribution < 1.29 is 4.79 Å². The molecule has 0 radical (unpaired) electrons. The number of nitrogens with two attached hydrogens (primary N) is 1. The Bertz CT molecular complexity index is 849. The van der Waals surface area contributed by atoms with Crippen LogP contribution in [0, 0.1) is 19.8 Å². The van der Waals surface area contributed by atoms with Gasteiger partial charge in [0, 0.05) is 30.5 Å². The van der Waals surface area contributed by atoms with E-state index in [1.807, 2.05) is 4.90 Å². The third-order valence-corrected chi connectivity index (χ3v) is 5.22. The first-order chi connectivity index (χ1) is 13.3. The molecule has 0 aliphatic carbocycles. The fourth-order valence-electron chi connectivity index (χ4n) is 3.66. The van der Waals surface area contributed by atoms with E-state index in [4.69, 9.17) is 5.73 Å². The van der Waals surface area contributed by atoms with Gasteiger partial charge in [-0.2, -0.15) is 0 Å². The van der Waals surface area contributed by atoms with Crippen molar-refractivity contribution in [1.82, 2.24) is 14.9 Å². The number of hydrogen-bond donors (Lipinski definition) is 2. The van der Waals surface area contributed by atoms with Crippen LogP contribution in [0.5, 0.6) is 0 Å². The van der Waals surface area contributed by atoms with E-state index in [0.29, 0.717) is 18.2 Å². The number of amides is 1. The maximum Gasteiger partial charge on any atom is 0.272 e. The standard InChI is InChI=1S/C22H31N5O/c1-14(2)10-19-12-20(26-22(23)25-19)21(28)27-9-5-6-18(13-27)24-17-8-7-15(3)16(4)11-17/h7-8,11-12,14,18,24H,5-6,9-10,13H2,1-4H3,(H2,23,25,26)/t18-/m0/s1. The summed E-state index contributed by atoms with van der Waals surface area (Å²) in [5.41, 5.74) is 10.7. The van der Waals surface area contributed by atoms with Gasteiger partial charge < -0.3 is 16.0 Å². The maximum absolute atomic E-state index is 13.0. The molecule has 0 saturated carbocycles. The molecule has 1 aliphatic heterocycles. The number of hydrogen-bond acceptors (Lipinski definition) is 5. The molecule has 1 fully saturated rings. The molecule has 2 aromatic rings. The van der Waals surface area contributed by atoms with Gasteiger partial charge in [0.2, 0.25) is 5.95 Å². The molecule has 6 nitrogen and oxygen atoms in total. The minimum atomic E-state index is -0.0642.